The highest BCUT2D eigenvalue weighted by Crippen LogP contribution is 2.31. The summed E-state index contributed by atoms with van der Waals surface area (Å²) in [5, 5.41) is 5.53. The Morgan fingerprint density at radius 2 is 1.66 bits per heavy atom. The highest BCUT2D eigenvalue weighted by atomic mass is 32.2. The lowest BCUT2D eigenvalue weighted by atomic mass is 10.1. The highest BCUT2D eigenvalue weighted by Gasteiger charge is 2.21. The molecule has 1 N–H and O–H groups in total. The Balaban J connectivity index is 1.78. The van der Waals surface area contributed by atoms with Gasteiger partial charge in [-0.15, -0.1) is 0 Å². The van der Waals surface area contributed by atoms with Gasteiger partial charge in [0.1, 0.15) is 5.82 Å². The molecule has 0 aliphatic rings. The molecule has 0 bridgehead atoms. The van der Waals surface area contributed by atoms with Crippen molar-refractivity contribution in [2.24, 2.45) is 0 Å². The standard InChI is InChI=1S/C23H24N4O4S/c1-14-7-6-8-18-15(2)11-21(24-23(14)18)27-22(12-16(3)25-27)26-32(28,29)17-9-10-19(30-4)20(13-17)31-5/h6-13,26H,1-5H3. The maximum Gasteiger partial charge on any atom is 0.263 e. The van der Waals surface area contributed by atoms with E-state index in [1.54, 1.807) is 19.1 Å². The van der Waals surface area contributed by atoms with Crippen LogP contribution in [0.15, 0.2) is 53.4 Å². The second-order valence-corrected chi connectivity index (χ2v) is 9.16. The Bertz CT molecular complexity index is 1430. The number of ether oxygens (including phenoxy) is 2. The predicted molar refractivity (Wildman–Crippen MR) is 123 cm³/mol. The number of sulfonamides is 1. The number of para-hydroxylation sites is 1. The largest absolute Gasteiger partial charge is 0.493 e. The van der Waals surface area contributed by atoms with E-state index in [0.29, 0.717) is 23.0 Å². The molecular weight excluding hydrogens is 428 g/mol. The molecule has 2 aromatic heterocycles. The topological polar surface area (TPSA) is 95.3 Å². The summed E-state index contributed by atoms with van der Waals surface area (Å²) in [6, 6.07) is 14.0. The predicted octanol–water partition coefficient (Wildman–Crippen LogP) is 4.16. The first-order valence-corrected chi connectivity index (χ1v) is 11.4. The molecule has 0 saturated carbocycles. The van der Waals surface area contributed by atoms with Gasteiger partial charge in [0.2, 0.25) is 0 Å². The lowest BCUT2D eigenvalue weighted by molar-refractivity contribution is 0.354. The van der Waals surface area contributed by atoms with Crippen LogP contribution < -0.4 is 14.2 Å². The number of methoxy groups -OCH3 is 2. The van der Waals surface area contributed by atoms with Crippen LogP contribution in [-0.4, -0.2) is 37.4 Å². The van der Waals surface area contributed by atoms with Crippen LogP contribution in [0.1, 0.15) is 16.8 Å². The molecule has 0 unspecified atom stereocenters. The Morgan fingerprint density at radius 1 is 0.906 bits per heavy atom. The molecule has 0 amide bonds. The van der Waals surface area contributed by atoms with Crippen molar-refractivity contribution >= 4 is 26.7 Å². The van der Waals surface area contributed by atoms with E-state index in [9.17, 15) is 8.42 Å². The number of anilines is 1. The third-order valence-electron chi connectivity index (χ3n) is 5.19. The zero-order valence-corrected chi connectivity index (χ0v) is 19.3. The van der Waals surface area contributed by atoms with E-state index in [1.807, 2.05) is 38.1 Å². The molecule has 0 saturated heterocycles. The van der Waals surface area contributed by atoms with Gasteiger partial charge in [-0.2, -0.15) is 9.78 Å². The first kappa shape index (κ1) is 21.6. The summed E-state index contributed by atoms with van der Waals surface area (Å²) < 4.78 is 40.8. The molecule has 32 heavy (non-hydrogen) atoms. The molecular formula is C23H24N4O4S. The van der Waals surface area contributed by atoms with Crippen LogP contribution in [-0.2, 0) is 10.0 Å². The van der Waals surface area contributed by atoms with Gasteiger partial charge in [0.25, 0.3) is 10.0 Å². The van der Waals surface area contributed by atoms with Gasteiger partial charge in [-0.1, -0.05) is 18.2 Å². The minimum atomic E-state index is -3.92. The Labute approximate surface area is 186 Å². The summed E-state index contributed by atoms with van der Waals surface area (Å²) in [7, 11) is -0.977. The molecule has 0 radical (unpaired) electrons. The van der Waals surface area contributed by atoms with Crippen LogP contribution in [0.2, 0.25) is 0 Å². The van der Waals surface area contributed by atoms with Gasteiger partial charge in [-0.25, -0.2) is 13.4 Å². The van der Waals surface area contributed by atoms with Crippen LogP contribution >= 0.6 is 0 Å². The average Bonchev–Trinajstić information content (AvgIpc) is 3.13. The summed E-state index contributed by atoms with van der Waals surface area (Å²) in [5.41, 5.74) is 3.56. The van der Waals surface area contributed by atoms with E-state index < -0.39 is 10.0 Å². The SMILES string of the molecule is COc1ccc(S(=O)(=O)Nc2cc(C)nn2-c2cc(C)c3cccc(C)c3n2)cc1OC. The second kappa shape index (κ2) is 8.16. The van der Waals surface area contributed by atoms with Crippen molar-refractivity contribution in [1.82, 2.24) is 14.8 Å². The minimum absolute atomic E-state index is 0.0408. The van der Waals surface area contributed by atoms with Crippen LogP contribution in [0.3, 0.4) is 0 Å². The number of aryl methyl sites for hydroxylation is 3. The Kier molecular flexibility index (Phi) is 5.52. The number of rotatable bonds is 6. The maximum atomic E-state index is 13.1. The van der Waals surface area contributed by atoms with Gasteiger partial charge >= 0.3 is 0 Å². The number of hydrogen-bond acceptors (Lipinski definition) is 6. The monoisotopic (exact) mass is 452 g/mol. The molecule has 0 atom stereocenters. The molecule has 4 aromatic rings. The molecule has 0 spiro atoms. The zero-order chi connectivity index (χ0) is 23.0. The number of nitrogens with one attached hydrogen (secondary N) is 1. The van der Waals surface area contributed by atoms with Gasteiger partial charge in [0.15, 0.2) is 17.3 Å². The molecule has 0 aliphatic heterocycles. The molecule has 0 fully saturated rings. The summed E-state index contributed by atoms with van der Waals surface area (Å²) in [5.74, 6) is 1.58. The molecule has 4 rings (SSSR count). The number of nitrogens with zero attached hydrogens (tertiary/aromatic N) is 3. The molecule has 9 heteroatoms. The summed E-state index contributed by atoms with van der Waals surface area (Å²) in [6.07, 6.45) is 0. The van der Waals surface area contributed by atoms with E-state index in [4.69, 9.17) is 14.5 Å². The third-order valence-corrected chi connectivity index (χ3v) is 6.54. The number of fused-ring (bicyclic) bond motifs is 1. The summed E-state index contributed by atoms with van der Waals surface area (Å²) in [4.78, 5) is 4.80. The van der Waals surface area contributed by atoms with E-state index in [2.05, 4.69) is 9.82 Å². The third kappa shape index (κ3) is 3.87. The normalized spacial score (nSPS) is 11.5. The van der Waals surface area contributed by atoms with Crippen molar-refractivity contribution < 1.29 is 17.9 Å². The molecule has 2 heterocycles. The number of aromatic nitrogens is 3. The van der Waals surface area contributed by atoms with Crippen LogP contribution in [0, 0.1) is 20.8 Å². The van der Waals surface area contributed by atoms with Crippen molar-refractivity contribution in [3.8, 4) is 17.3 Å². The Morgan fingerprint density at radius 3 is 2.38 bits per heavy atom. The van der Waals surface area contributed by atoms with Crippen LogP contribution in [0.25, 0.3) is 16.7 Å². The summed E-state index contributed by atoms with van der Waals surface area (Å²) in [6.45, 7) is 5.79. The first-order chi connectivity index (χ1) is 15.2. The molecule has 166 valence electrons. The van der Waals surface area contributed by atoms with Crippen molar-refractivity contribution in [3.63, 3.8) is 0 Å². The van der Waals surface area contributed by atoms with Gasteiger partial charge < -0.3 is 9.47 Å². The smallest absolute Gasteiger partial charge is 0.263 e. The number of hydrogen-bond donors (Lipinski definition) is 1. The first-order valence-electron chi connectivity index (χ1n) is 9.92. The Hall–Kier alpha value is -3.59. The summed E-state index contributed by atoms with van der Waals surface area (Å²) >= 11 is 0. The fourth-order valence-electron chi connectivity index (χ4n) is 3.58. The van der Waals surface area contributed by atoms with Gasteiger partial charge in [-0.05, 0) is 50.1 Å². The average molecular weight is 453 g/mol. The van der Waals surface area contributed by atoms with Crippen LogP contribution in [0.5, 0.6) is 11.5 Å². The lowest BCUT2D eigenvalue weighted by Crippen LogP contribution is -2.16. The van der Waals surface area contributed by atoms with Crippen LogP contribution in [0.4, 0.5) is 5.82 Å². The minimum Gasteiger partial charge on any atom is -0.493 e. The molecule has 8 nitrogen and oxygen atoms in total. The number of benzene rings is 2. The number of pyridine rings is 1. The van der Waals surface area contributed by atoms with E-state index in [-0.39, 0.29) is 10.7 Å². The molecule has 2 aromatic carbocycles. The van der Waals surface area contributed by atoms with Gasteiger partial charge in [0, 0.05) is 17.5 Å². The van der Waals surface area contributed by atoms with Crippen molar-refractivity contribution in [2.75, 3.05) is 18.9 Å². The quantitative estimate of drug-likeness (QED) is 0.472. The van der Waals surface area contributed by atoms with Crippen molar-refractivity contribution in [3.05, 3.63) is 65.4 Å². The van der Waals surface area contributed by atoms with Gasteiger partial charge in [0.05, 0.1) is 30.3 Å². The van der Waals surface area contributed by atoms with E-state index in [1.165, 1.54) is 31.0 Å². The maximum absolute atomic E-state index is 13.1. The fourth-order valence-corrected chi connectivity index (χ4v) is 4.63. The zero-order valence-electron chi connectivity index (χ0n) is 18.5. The van der Waals surface area contributed by atoms with E-state index >= 15 is 0 Å². The fraction of sp³-hybridized carbons (Fsp3) is 0.217. The second-order valence-electron chi connectivity index (χ2n) is 7.47. The highest BCUT2D eigenvalue weighted by molar-refractivity contribution is 7.92. The lowest BCUT2D eigenvalue weighted by Gasteiger charge is -2.13. The van der Waals surface area contributed by atoms with E-state index in [0.717, 1.165) is 22.0 Å². The van der Waals surface area contributed by atoms with Crippen molar-refractivity contribution in [2.45, 2.75) is 25.7 Å². The molecule has 0 aliphatic carbocycles. The van der Waals surface area contributed by atoms with Crippen molar-refractivity contribution in [1.29, 1.82) is 0 Å². The van der Waals surface area contributed by atoms with Gasteiger partial charge in [-0.3, -0.25) is 4.72 Å².